The zero-order valence-corrected chi connectivity index (χ0v) is 13.7. The van der Waals surface area contributed by atoms with E-state index in [0.717, 1.165) is 22.4 Å². The Kier molecular flexibility index (Phi) is 4.29. The fourth-order valence-corrected chi connectivity index (χ4v) is 2.45. The van der Waals surface area contributed by atoms with Crippen LogP contribution < -0.4 is 10.1 Å². The van der Waals surface area contributed by atoms with Crippen molar-refractivity contribution >= 4 is 11.7 Å². The molecule has 6 heteroatoms. The van der Waals surface area contributed by atoms with Crippen LogP contribution in [-0.4, -0.2) is 23.3 Å². The van der Waals surface area contributed by atoms with Gasteiger partial charge >= 0.3 is 0 Å². The summed E-state index contributed by atoms with van der Waals surface area (Å²) >= 11 is 0. The predicted molar refractivity (Wildman–Crippen MR) is 90.2 cm³/mol. The van der Waals surface area contributed by atoms with Gasteiger partial charge in [0.2, 0.25) is 5.82 Å². The van der Waals surface area contributed by atoms with Gasteiger partial charge in [-0.3, -0.25) is 4.79 Å². The van der Waals surface area contributed by atoms with Gasteiger partial charge in [0.25, 0.3) is 5.91 Å². The van der Waals surface area contributed by atoms with E-state index in [9.17, 15) is 4.79 Å². The van der Waals surface area contributed by atoms with Crippen molar-refractivity contribution in [2.75, 3.05) is 12.4 Å². The van der Waals surface area contributed by atoms with E-state index in [4.69, 9.17) is 9.37 Å². The van der Waals surface area contributed by atoms with Gasteiger partial charge in [0.1, 0.15) is 5.75 Å². The summed E-state index contributed by atoms with van der Waals surface area (Å²) in [5.74, 6) is 0.799. The molecular formula is C18H17N3O3. The van der Waals surface area contributed by atoms with Gasteiger partial charge in [-0.05, 0) is 60.1 Å². The van der Waals surface area contributed by atoms with Crippen LogP contribution in [-0.2, 0) is 0 Å². The van der Waals surface area contributed by atoms with Crippen molar-refractivity contribution < 1.29 is 14.2 Å². The molecule has 1 N–H and O–H groups in total. The molecule has 0 aliphatic rings. The average molecular weight is 323 g/mol. The number of hydrogen-bond donors (Lipinski definition) is 1. The zero-order valence-electron chi connectivity index (χ0n) is 13.7. The fourth-order valence-electron chi connectivity index (χ4n) is 2.45. The summed E-state index contributed by atoms with van der Waals surface area (Å²) in [6.45, 7) is 3.86. The van der Waals surface area contributed by atoms with Crippen LogP contribution in [0.5, 0.6) is 5.75 Å². The molecule has 0 atom stereocenters. The van der Waals surface area contributed by atoms with Gasteiger partial charge in [-0.15, -0.1) is 0 Å². The molecule has 1 amide bonds. The highest BCUT2D eigenvalue weighted by molar-refractivity contribution is 6.05. The number of ether oxygens (including phenoxy) is 1. The molecule has 3 aromatic rings. The van der Waals surface area contributed by atoms with E-state index in [2.05, 4.69) is 15.6 Å². The molecule has 0 aliphatic carbocycles. The third kappa shape index (κ3) is 3.12. The molecule has 0 saturated carbocycles. The molecule has 0 unspecified atom stereocenters. The Bertz CT molecular complexity index is 887. The first kappa shape index (κ1) is 15.7. The average Bonchev–Trinajstić information content (AvgIpc) is 3.03. The largest absolute Gasteiger partial charge is 0.496 e. The molecular weight excluding hydrogens is 306 g/mol. The molecule has 3 rings (SSSR count). The molecule has 0 spiro atoms. The lowest BCUT2D eigenvalue weighted by Crippen LogP contribution is -2.13. The first-order valence-electron chi connectivity index (χ1n) is 7.44. The van der Waals surface area contributed by atoms with Crippen LogP contribution in [0.25, 0.3) is 11.3 Å². The maximum atomic E-state index is 12.4. The lowest BCUT2D eigenvalue weighted by molar-refractivity contribution is 0.102. The molecule has 1 heterocycles. The molecule has 2 aromatic carbocycles. The van der Waals surface area contributed by atoms with Crippen LogP contribution in [0.15, 0.2) is 47.1 Å². The van der Waals surface area contributed by atoms with Crippen molar-refractivity contribution in [3.63, 3.8) is 0 Å². The van der Waals surface area contributed by atoms with Crippen LogP contribution >= 0.6 is 0 Å². The second-order valence-electron chi connectivity index (χ2n) is 5.47. The molecule has 1 aromatic heterocycles. The van der Waals surface area contributed by atoms with Crippen molar-refractivity contribution in [2.45, 2.75) is 13.8 Å². The summed E-state index contributed by atoms with van der Waals surface area (Å²) in [5.41, 5.74) is 3.77. The van der Waals surface area contributed by atoms with Crippen molar-refractivity contribution in [1.82, 2.24) is 10.3 Å². The van der Waals surface area contributed by atoms with E-state index in [0.29, 0.717) is 11.3 Å². The highest BCUT2D eigenvalue weighted by Crippen LogP contribution is 2.29. The zero-order chi connectivity index (χ0) is 17.1. The minimum Gasteiger partial charge on any atom is -0.496 e. The second kappa shape index (κ2) is 6.54. The van der Waals surface area contributed by atoms with Crippen LogP contribution in [0.4, 0.5) is 5.82 Å². The van der Waals surface area contributed by atoms with Gasteiger partial charge in [0.05, 0.1) is 7.11 Å². The number of hydrogen-bond acceptors (Lipinski definition) is 5. The number of carbonyl (C=O) groups excluding carboxylic acids is 1. The summed E-state index contributed by atoms with van der Waals surface area (Å²) < 4.78 is 10.1. The fraction of sp³-hybridized carbons (Fsp3) is 0.167. The Balaban J connectivity index is 1.88. The van der Waals surface area contributed by atoms with Crippen LogP contribution in [0.1, 0.15) is 21.5 Å². The van der Waals surface area contributed by atoms with Crippen molar-refractivity contribution in [2.24, 2.45) is 0 Å². The summed E-state index contributed by atoms with van der Waals surface area (Å²) in [4.78, 5) is 12.4. The monoisotopic (exact) mass is 323 g/mol. The summed E-state index contributed by atoms with van der Waals surface area (Å²) in [6, 6.07) is 12.9. The molecule has 122 valence electrons. The third-order valence-corrected chi connectivity index (χ3v) is 3.67. The topological polar surface area (TPSA) is 77.2 Å². The minimum atomic E-state index is -0.263. The first-order valence-corrected chi connectivity index (χ1v) is 7.44. The number of aromatic nitrogens is 2. The van der Waals surface area contributed by atoms with Crippen LogP contribution in [0.2, 0.25) is 0 Å². The van der Waals surface area contributed by atoms with Gasteiger partial charge in [0, 0.05) is 11.1 Å². The number of benzene rings is 2. The number of anilines is 1. The molecule has 0 bridgehead atoms. The van der Waals surface area contributed by atoms with Crippen molar-refractivity contribution in [3.05, 3.63) is 59.2 Å². The number of nitrogens with zero attached hydrogens (tertiary/aromatic N) is 2. The van der Waals surface area contributed by atoms with Crippen molar-refractivity contribution in [1.29, 1.82) is 0 Å². The molecule has 24 heavy (non-hydrogen) atoms. The molecule has 0 saturated heterocycles. The number of rotatable bonds is 4. The highest BCUT2D eigenvalue weighted by atomic mass is 16.6. The van der Waals surface area contributed by atoms with Gasteiger partial charge in [0.15, 0.2) is 5.69 Å². The summed E-state index contributed by atoms with van der Waals surface area (Å²) in [7, 11) is 1.62. The van der Waals surface area contributed by atoms with Crippen LogP contribution in [0, 0.1) is 13.8 Å². The summed E-state index contributed by atoms with van der Waals surface area (Å²) in [6.07, 6.45) is 0. The SMILES string of the molecule is COc1ccc(-c2nonc2NC(=O)c2cccc(C)c2)cc1C. The van der Waals surface area contributed by atoms with Crippen LogP contribution in [0.3, 0.4) is 0 Å². The van der Waals surface area contributed by atoms with E-state index >= 15 is 0 Å². The lowest BCUT2D eigenvalue weighted by atomic mass is 10.1. The maximum Gasteiger partial charge on any atom is 0.256 e. The number of aryl methyl sites for hydroxylation is 2. The number of carbonyl (C=O) groups is 1. The Morgan fingerprint density at radius 1 is 1.12 bits per heavy atom. The molecule has 0 fully saturated rings. The van der Waals surface area contributed by atoms with E-state index in [-0.39, 0.29) is 11.7 Å². The minimum absolute atomic E-state index is 0.263. The summed E-state index contributed by atoms with van der Waals surface area (Å²) in [5, 5.41) is 10.5. The van der Waals surface area contributed by atoms with Gasteiger partial charge in [-0.25, -0.2) is 4.63 Å². The normalized spacial score (nSPS) is 10.5. The molecule has 6 nitrogen and oxygen atoms in total. The highest BCUT2D eigenvalue weighted by Gasteiger charge is 2.17. The molecule has 0 aliphatic heterocycles. The predicted octanol–water partition coefficient (Wildman–Crippen LogP) is 3.61. The quantitative estimate of drug-likeness (QED) is 0.793. The Labute approximate surface area is 139 Å². The Morgan fingerprint density at radius 2 is 1.96 bits per heavy atom. The van der Waals surface area contributed by atoms with E-state index in [1.165, 1.54) is 0 Å². The number of amides is 1. The van der Waals surface area contributed by atoms with E-state index in [1.807, 2.05) is 44.2 Å². The first-order chi connectivity index (χ1) is 11.6. The van der Waals surface area contributed by atoms with Crippen molar-refractivity contribution in [3.8, 4) is 17.0 Å². The van der Waals surface area contributed by atoms with Gasteiger partial charge in [-0.1, -0.05) is 17.7 Å². The van der Waals surface area contributed by atoms with E-state index in [1.54, 1.807) is 19.2 Å². The Hall–Kier alpha value is -3.15. The Morgan fingerprint density at radius 3 is 2.67 bits per heavy atom. The van der Waals surface area contributed by atoms with Gasteiger partial charge in [-0.2, -0.15) is 0 Å². The van der Waals surface area contributed by atoms with Gasteiger partial charge < -0.3 is 10.1 Å². The number of nitrogens with one attached hydrogen (secondary N) is 1. The van der Waals surface area contributed by atoms with E-state index < -0.39 is 0 Å². The number of methoxy groups -OCH3 is 1. The lowest BCUT2D eigenvalue weighted by Gasteiger charge is -2.07. The standard InChI is InChI=1S/C18H17N3O3/c1-11-5-4-6-14(9-11)18(22)19-17-16(20-24-21-17)13-7-8-15(23-3)12(2)10-13/h4-10H,1-3H3,(H,19,21,22). The maximum absolute atomic E-state index is 12.4. The molecule has 0 radical (unpaired) electrons. The second-order valence-corrected chi connectivity index (χ2v) is 5.47. The smallest absolute Gasteiger partial charge is 0.256 e. The third-order valence-electron chi connectivity index (χ3n) is 3.67.